The molecule has 1 aliphatic heterocycles. The lowest BCUT2D eigenvalue weighted by Crippen LogP contribution is -1.88. The fraction of sp³-hybridized carbons (Fsp3) is 0.667. The molecule has 2 nitrogen and oxygen atoms in total. The molecule has 0 amide bonds. The number of hydrogen-bond acceptors (Lipinski definition) is 1. The average molecular weight is 150 g/mol. The van der Waals surface area contributed by atoms with Crippen LogP contribution in [-0.2, 0) is 13.0 Å². The molecular weight excluding hydrogens is 136 g/mol. The maximum atomic E-state index is 4.55. The van der Waals surface area contributed by atoms with Gasteiger partial charge in [-0.1, -0.05) is 13.8 Å². The highest BCUT2D eigenvalue weighted by Crippen LogP contribution is 2.19. The molecule has 2 rings (SSSR count). The van der Waals surface area contributed by atoms with E-state index in [2.05, 4.69) is 29.6 Å². The summed E-state index contributed by atoms with van der Waals surface area (Å²) < 4.78 is 2.29. The first-order chi connectivity index (χ1) is 5.27. The summed E-state index contributed by atoms with van der Waals surface area (Å²) in [5, 5.41) is 0. The Bertz CT molecular complexity index is 239. The average Bonchev–Trinajstić information content (AvgIpc) is 2.40. The molecule has 2 heterocycles. The number of rotatable bonds is 1. The van der Waals surface area contributed by atoms with Gasteiger partial charge < -0.3 is 4.57 Å². The molecular formula is C9H14N2. The molecule has 60 valence electrons. The van der Waals surface area contributed by atoms with Gasteiger partial charge in [0.15, 0.2) is 0 Å². The first-order valence-corrected chi connectivity index (χ1v) is 4.33. The van der Waals surface area contributed by atoms with Crippen LogP contribution in [0.3, 0.4) is 0 Å². The van der Waals surface area contributed by atoms with Crippen molar-refractivity contribution in [3.63, 3.8) is 0 Å². The predicted octanol–water partition coefficient (Wildman–Crippen LogP) is 1.95. The lowest BCUT2D eigenvalue weighted by atomic mass is 10.1. The minimum Gasteiger partial charge on any atom is -0.335 e. The summed E-state index contributed by atoms with van der Waals surface area (Å²) in [6.07, 6.45) is 4.65. The smallest absolute Gasteiger partial charge is 0.109 e. The summed E-state index contributed by atoms with van der Waals surface area (Å²) in [5.41, 5.74) is 1.25. The number of imidazole rings is 1. The summed E-state index contributed by atoms with van der Waals surface area (Å²) in [7, 11) is 0. The van der Waals surface area contributed by atoms with E-state index in [4.69, 9.17) is 0 Å². The zero-order valence-corrected chi connectivity index (χ0v) is 7.17. The maximum absolute atomic E-state index is 4.55. The van der Waals surface area contributed by atoms with Crippen LogP contribution in [0, 0.1) is 0 Å². The lowest BCUT2D eigenvalue weighted by molar-refractivity contribution is 0.738. The van der Waals surface area contributed by atoms with Gasteiger partial charge >= 0.3 is 0 Å². The van der Waals surface area contributed by atoms with Crippen molar-refractivity contribution >= 4 is 0 Å². The molecule has 0 saturated carbocycles. The van der Waals surface area contributed by atoms with E-state index in [1.165, 1.54) is 30.9 Å². The van der Waals surface area contributed by atoms with Gasteiger partial charge in [0, 0.05) is 19.2 Å². The minimum atomic E-state index is 0.577. The standard InChI is InChI=1S/C9H14N2/c1-7(2)8-6-11-5-3-4-9(11)10-8/h6-7H,3-5H2,1-2H3. The second-order valence-corrected chi connectivity index (χ2v) is 3.53. The molecule has 0 aromatic carbocycles. The fourth-order valence-electron chi connectivity index (χ4n) is 1.56. The largest absolute Gasteiger partial charge is 0.335 e. The van der Waals surface area contributed by atoms with Crippen molar-refractivity contribution in [1.29, 1.82) is 0 Å². The molecule has 0 saturated heterocycles. The van der Waals surface area contributed by atoms with Crippen molar-refractivity contribution in [2.75, 3.05) is 0 Å². The van der Waals surface area contributed by atoms with Crippen LogP contribution < -0.4 is 0 Å². The van der Waals surface area contributed by atoms with Crippen LogP contribution in [0.25, 0.3) is 0 Å². The molecule has 2 heteroatoms. The Hall–Kier alpha value is -0.790. The molecule has 0 N–H and O–H groups in total. The van der Waals surface area contributed by atoms with Crippen LogP contribution in [0.15, 0.2) is 6.20 Å². The van der Waals surface area contributed by atoms with Gasteiger partial charge in [-0.25, -0.2) is 4.98 Å². The predicted molar refractivity (Wildman–Crippen MR) is 44.6 cm³/mol. The Labute approximate surface area is 67.3 Å². The van der Waals surface area contributed by atoms with Gasteiger partial charge in [0.25, 0.3) is 0 Å². The summed E-state index contributed by atoms with van der Waals surface area (Å²) >= 11 is 0. The van der Waals surface area contributed by atoms with Gasteiger partial charge in [0.1, 0.15) is 5.82 Å². The first-order valence-electron chi connectivity index (χ1n) is 4.33. The third kappa shape index (κ3) is 1.06. The van der Waals surface area contributed by atoms with Gasteiger partial charge in [-0.3, -0.25) is 0 Å². The third-order valence-electron chi connectivity index (χ3n) is 2.27. The number of nitrogens with zero attached hydrogens (tertiary/aromatic N) is 2. The topological polar surface area (TPSA) is 17.8 Å². The van der Waals surface area contributed by atoms with E-state index in [-0.39, 0.29) is 0 Å². The zero-order chi connectivity index (χ0) is 7.84. The van der Waals surface area contributed by atoms with E-state index in [9.17, 15) is 0 Å². The Morgan fingerprint density at radius 3 is 3.00 bits per heavy atom. The molecule has 1 aromatic heterocycles. The number of hydrogen-bond donors (Lipinski definition) is 0. The van der Waals surface area contributed by atoms with E-state index in [0.717, 1.165) is 0 Å². The molecule has 1 aromatic rings. The van der Waals surface area contributed by atoms with E-state index in [0.29, 0.717) is 5.92 Å². The van der Waals surface area contributed by atoms with Gasteiger partial charge in [0.05, 0.1) is 5.69 Å². The zero-order valence-electron chi connectivity index (χ0n) is 7.17. The van der Waals surface area contributed by atoms with Crippen molar-refractivity contribution < 1.29 is 0 Å². The third-order valence-corrected chi connectivity index (χ3v) is 2.27. The van der Waals surface area contributed by atoms with Gasteiger partial charge in [-0.2, -0.15) is 0 Å². The van der Waals surface area contributed by atoms with E-state index in [1.807, 2.05) is 0 Å². The molecule has 0 unspecified atom stereocenters. The van der Waals surface area contributed by atoms with Crippen molar-refractivity contribution in [3.8, 4) is 0 Å². The molecule has 0 radical (unpaired) electrons. The Morgan fingerprint density at radius 2 is 2.36 bits per heavy atom. The highest BCUT2D eigenvalue weighted by molar-refractivity contribution is 5.10. The Balaban J connectivity index is 2.34. The molecule has 0 fully saturated rings. The van der Waals surface area contributed by atoms with Gasteiger partial charge in [0.2, 0.25) is 0 Å². The van der Waals surface area contributed by atoms with Crippen LogP contribution in [-0.4, -0.2) is 9.55 Å². The number of aromatic nitrogens is 2. The summed E-state index contributed by atoms with van der Waals surface area (Å²) in [6.45, 7) is 5.56. The molecule has 0 aliphatic carbocycles. The normalized spacial score (nSPS) is 15.9. The first kappa shape index (κ1) is 6.89. The highest BCUT2D eigenvalue weighted by atomic mass is 15.1. The minimum absolute atomic E-state index is 0.577. The van der Waals surface area contributed by atoms with Crippen LogP contribution >= 0.6 is 0 Å². The molecule has 0 spiro atoms. The molecule has 11 heavy (non-hydrogen) atoms. The maximum Gasteiger partial charge on any atom is 0.109 e. The highest BCUT2D eigenvalue weighted by Gasteiger charge is 2.14. The lowest BCUT2D eigenvalue weighted by Gasteiger charge is -1.97. The fourth-order valence-corrected chi connectivity index (χ4v) is 1.56. The van der Waals surface area contributed by atoms with Crippen LogP contribution in [0.4, 0.5) is 0 Å². The van der Waals surface area contributed by atoms with Crippen molar-refractivity contribution in [2.45, 2.75) is 39.2 Å². The molecule has 1 aliphatic rings. The second-order valence-electron chi connectivity index (χ2n) is 3.53. The van der Waals surface area contributed by atoms with Gasteiger partial charge in [-0.05, 0) is 12.3 Å². The quantitative estimate of drug-likeness (QED) is 0.598. The number of fused-ring (bicyclic) bond motifs is 1. The summed E-state index contributed by atoms with van der Waals surface area (Å²) in [4.78, 5) is 4.55. The van der Waals surface area contributed by atoms with Gasteiger partial charge in [-0.15, -0.1) is 0 Å². The van der Waals surface area contributed by atoms with Crippen LogP contribution in [0.2, 0.25) is 0 Å². The Morgan fingerprint density at radius 1 is 1.55 bits per heavy atom. The second kappa shape index (κ2) is 2.36. The van der Waals surface area contributed by atoms with E-state index >= 15 is 0 Å². The van der Waals surface area contributed by atoms with Crippen LogP contribution in [0.5, 0.6) is 0 Å². The van der Waals surface area contributed by atoms with Crippen molar-refractivity contribution in [3.05, 3.63) is 17.7 Å². The van der Waals surface area contributed by atoms with E-state index < -0.39 is 0 Å². The summed E-state index contributed by atoms with van der Waals surface area (Å²) in [5.74, 6) is 1.86. The monoisotopic (exact) mass is 150 g/mol. The van der Waals surface area contributed by atoms with Crippen molar-refractivity contribution in [2.24, 2.45) is 0 Å². The van der Waals surface area contributed by atoms with Crippen molar-refractivity contribution in [1.82, 2.24) is 9.55 Å². The molecule has 0 atom stereocenters. The molecule has 0 bridgehead atoms. The summed E-state index contributed by atoms with van der Waals surface area (Å²) in [6, 6.07) is 0. The Kier molecular flexibility index (Phi) is 1.48. The van der Waals surface area contributed by atoms with Crippen LogP contribution in [0.1, 0.15) is 37.7 Å². The number of aryl methyl sites for hydroxylation is 2. The SMILES string of the molecule is CC(C)c1cn2c(n1)CCC2. The van der Waals surface area contributed by atoms with E-state index in [1.54, 1.807) is 0 Å².